The highest BCUT2D eigenvalue weighted by Crippen LogP contribution is 2.27. The second kappa shape index (κ2) is 6.72. The maximum absolute atomic E-state index is 12.7. The van der Waals surface area contributed by atoms with Crippen molar-refractivity contribution in [2.45, 2.75) is 32.2 Å². The van der Waals surface area contributed by atoms with Gasteiger partial charge in [0.05, 0.1) is 4.90 Å². The van der Waals surface area contributed by atoms with E-state index in [4.69, 9.17) is 17.3 Å². The normalized spacial score (nSPS) is 11.9. The smallest absolute Gasteiger partial charge is 0.243 e. The molecule has 0 bridgehead atoms. The molecule has 20 heavy (non-hydrogen) atoms. The minimum atomic E-state index is -3.60. The fraction of sp³-hybridized carbons (Fsp3) is 0.429. The molecule has 112 valence electrons. The summed E-state index contributed by atoms with van der Waals surface area (Å²) in [4.78, 5) is 0.216. The SMILES string of the molecule is C=C(C)CN(CC)S(=O)(=O)c1cc(Cl)cc(CN)c1C. The molecule has 6 heteroatoms. The number of halogens is 1. The van der Waals surface area contributed by atoms with Gasteiger partial charge >= 0.3 is 0 Å². The molecular weight excluding hydrogens is 296 g/mol. The minimum Gasteiger partial charge on any atom is -0.326 e. The average molecular weight is 317 g/mol. The van der Waals surface area contributed by atoms with Crippen LogP contribution in [0.2, 0.25) is 5.02 Å². The molecule has 1 aromatic rings. The van der Waals surface area contributed by atoms with Gasteiger partial charge in [-0.15, -0.1) is 0 Å². The van der Waals surface area contributed by atoms with Crippen LogP contribution in [0.1, 0.15) is 25.0 Å². The van der Waals surface area contributed by atoms with E-state index in [1.54, 1.807) is 26.8 Å². The van der Waals surface area contributed by atoms with Crippen LogP contribution < -0.4 is 5.73 Å². The predicted molar refractivity (Wildman–Crippen MR) is 83.3 cm³/mol. The zero-order chi connectivity index (χ0) is 15.5. The molecule has 0 heterocycles. The van der Waals surface area contributed by atoms with Crippen LogP contribution in [-0.4, -0.2) is 25.8 Å². The summed E-state index contributed by atoms with van der Waals surface area (Å²) in [6.07, 6.45) is 0. The third kappa shape index (κ3) is 3.61. The first kappa shape index (κ1) is 17.2. The fourth-order valence-corrected chi connectivity index (χ4v) is 4.10. The lowest BCUT2D eigenvalue weighted by Gasteiger charge is -2.22. The van der Waals surface area contributed by atoms with Crippen molar-refractivity contribution in [3.63, 3.8) is 0 Å². The van der Waals surface area contributed by atoms with E-state index in [-0.39, 0.29) is 11.4 Å². The van der Waals surface area contributed by atoms with Gasteiger partial charge in [-0.2, -0.15) is 4.31 Å². The number of hydrogen-bond donors (Lipinski definition) is 1. The lowest BCUT2D eigenvalue weighted by Crippen LogP contribution is -2.33. The average Bonchev–Trinajstić information content (AvgIpc) is 2.37. The highest BCUT2D eigenvalue weighted by molar-refractivity contribution is 7.89. The first-order valence-corrected chi connectivity index (χ1v) is 8.19. The Morgan fingerprint density at radius 1 is 1.45 bits per heavy atom. The largest absolute Gasteiger partial charge is 0.326 e. The van der Waals surface area contributed by atoms with E-state index in [0.29, 0.717) is 23.7 Å². The molecule has 0 saturated carbocycles. The number of nitrogens with zero attached hydrogens (tertiary/aromatic N) is 1. The molecule has 1 aromatic carbocycles. The van der Waals surface area contributed by atoms with Crippen LogP contribution in [0.15, 0.2) is 29.2 Å². The van der Waals surface area contributed by atoms with Crippen LogP contribution >= 0.6 is 11.6 Å². The van der Waals surface area contributed by atoms with Gasteiger partial charge in [-0.05, 0) is 37.1 Å². The zero-order valence-electron chi connectivity index (χ0n) is 12.1. The van der Waals surface area contributed by atoms with Crippen LogP contribution in [0.5, 0.6) is 0 Å². The van der Waals surface area contributed by atoms with Crippen LogP contribution in [0.3, 0.4) is 0 Å². The van der Waals surface area contributed by atoms with E-state index in [2.05, 4.69) is 6.58 Å². The molecule has 0 saturated heterocycles. The Kier molecular flexibility index (Phi) is 5.77. The topological polar surface area (TPSA) is 63.4 Å². The van der Waals surface area contributed by atoms with Crippen molar-refractivity contribution in [2.24, 2.45) is 5.73 Å². The summed E-state index contributed by atoms with van der Waals surface area (Å²) < 4.78 is 26.8. The van der Waals surface area contributed by atoms with Crippen LogP contribution in [0.4, 0.5) is 0 Å². The van der Waals surface area contributed by atoms with E-state index in [0.717, 1.165) is 11.1 Å². The first-order chi connectivity index (χ1) is 9.23. The maximum Gasteiger partial charge on any atom is 0.243 e. The van der Waals surface area contributed by atoms with Gasteiger partial charge in [0, 0.05) is 24.7 Å². The summed E-state index contributed by atoms with van der Waals surface area (Å²) in [5.41, 5.74) is 7.81. The van der Waals surface area contributed by atoms with Crippen LogP contribution in [-0.2, 0) is 16.6 Å². The van der Waals surface area contributed by atoms with Crippen molar-refractivity contribution in [1.29, 1.82) is 0 Å². The Bertz CT molecular complexity index is 612. The molecule has 0 amide bonds. The summed E-state index contributed by atoms with van der Waals surface area (Å²) in [5, 5.41) is 0.376. The first-order valence-electron chi connectivity index (χ1n) is 6.37. The predicted octanol–water partition coefficient (Wildman–Crippen LogP) is 2.69. The van der Waals surface area contributed by atoms with Gasteiger partial charge in [-0.3, -0.25) is 0 Å². The third-order valence-corrected chi connectivity index (χ3v) is 5.33. The van der Waals surface area contributed by atoms with E-state index in [1.807, 2.05) is 0 Å². The molecule has 4 nitrogen and oxygen atoms in total. The lowest BCUT2D eigenvalue weighted by molar-refractivity contribution is 0.452. The second-order valence-electron chi connectivity index (χ2n) is 4.78. The van der Waals surface area contributed by atoms with Crippen molar-refractivity contribution < 1.29 is 8.42 Å². The molecule has 0 aliphatic carbocycles. The quantitative estimate of drug-likeness (QED) is 0.821. The van der Waals surface area contributed by atoms with Gasteiger partial charge in [0.25, 0.3) is 0 Å². The van der Waals surface area contributed by atoms with E-state index >= 15 is 0 Å². The Labute approximate surface area is 126 Å². The van der Waals surface area contributed by atoms with E-state index in [9.17, 15) is 8.42 Å². The molecule has 0 aromatic heterocycles. The Morgan fingerprint density at radius 2 is 2.05 bits per heavy atom. The van der Waals surface area contributed by atoms with Gasteiger partial charge in [0.2, 0.25) is 10.0 Å². The van der Waals surface area contributed by atoms with E-state index in [1.165, 1.54) is 10.4 Å². The molecule has 0 spiro atoms. The fourth-order valence-electron chi connectivity index (χ4n) is 1.99. The molecule has 0 fully saturated rings. The molecule has 0 radical (unpaired) electrons. The number of benzene rings is 1. The standard InChI is InChI=1S/C14H21ClN2O2S/c1-5-17(9-10(2)3)20(18,19)14-7-13(15)6-12(8-16)11(14)4/h6-7H,2,5,8-9,16H2,1,3-4H3. The summed E-state index contributed by atoms with van der Waals surface area (Å²) in [7, 11) is -3.60. The van der Waals surface area contributed by atoms with Crippen molar-refractivity contribution >= 4 is 21.6 Å². The minimum absolute atomic E-state index is 0.216. The summed E-state index contributed by atoms with van der Waals surface area (Å²) in [6.45, 7) is 10.0. The summed E-state index contributed by atoms with van der Waals surface area (Å²) in [5.74, 6) is 0. The summed E-state index contributed by atoms with van der Waals surface area (Å²) >= 11 is 6.00. The van der Waals surface area contributed by atoms with Crippen molar-refractivity contribution in [3.05, 3.63) is 40.4 Å². The number of likely N-dealkylation sites (N-methyl/N-ethyl adjacent to an activating group) is 1. The Balaban J connectivity index is 3.41. The number of nitrogens with two attached hydrogens (primary N) is 1. The number of sulfonamides is 1. The van der Waals surface area contributed by atoms with Gasteiger partial charge in [-0.1, -0.05) is 30.7 Å². The molecular formula is C14H21ClN2O2S. The highest BCUT2D eigenvalue weighted by atomic mass is 35.5. The molecule has 1 rings (SSSR count). The molecule has 0 aliphatic heterocycles. The number of hydrogen-bond acceptors (Lipinski definition) is 3. The third-order valence-electron chi connectivity index (χ3n) is 3.07. The summed E-state index contributed by atoms with van der Waals surface area (Å²) in [6, 6.07) is 3.18. The van der Waals surface area contributed by atoms with Crippen molar-refractivity contribution in [1.82, 2.24) is 4.31 Å². The van der Waals surface area contributed by atoms with Gasteiger partial charge in [0.1, 0.15) is 0 Å². The van der Waals surface area contributed by atoms with E-state index < -0.39 is 10.0 Å². The highest BCUT2D eigenvalue weighted by Gasteiger charge is 2.26. The molecule has 0 atom stereocenters. The molecule has 0 aliphatic rings. The van der Waals surface area contributed by atoms with Gasteiger partial charge in [0.15, 0.2) is 0 Å². The Morgan fingerprint density at radius 3 is 2.50 bits per heavy atom. The van der Waals surface area contributed by atoms with Crippen LogP contribution in [0, 0.1) is 6.92 Å². The van der Waals surface area contributed by atoms with Crippen molar-refractivity contribution in [2.75, 3.05) is 13.1 Å². The Hall–Kier alpha value is -0.880. The van der Waals surface area contributed by atoms with Gasteiger partial charge < -0.3 is 5.73 Å². The maximum atomic E-state index is 12.7. The number of rotatable bonds is 6. The second-order valence-corrected chi connectivity index (χ2v) is 7.12. The zero-order valence-corrected chi connectivity index (χ0v) is 13.7. The van der Waals surface area contributed by atoms with Crippen molar-refractivity contribution in [3.8, 4) is 0 Å². The monoisotopic (exact) mass is 316 g/mol. The van der Waals surface area contributed by atoms with Gasteiger partial charge in [-0.25, -0.2) is 8.42 Å². The molecule has 2 N–H and O–H groups in total. The lowest BCUT2D eigenvalue weighted by atomic mass is 10.1. The van der Waals surface area contributed by atoms with Crippen LogP contribution in [0.25, 0.3) is 0 Å². The molecule has 0 unspecified atom stereocenters.